The lowest BCUT2D eigenvalue weighted by Gasteiger charge is -2.10. The number of ether oxygens (including phenoxy) is 1. The third-order valence-electron chi connectivity index (χ3n) is 1.96. The summed E-state index contributed by atoms with van der Waals surface area (Å²) < 4.78 is 30.0. The SMILES string of the molecule is CCOC(=O)Cc1cncc(N)c1C(F)F. The van der Waals surface area contributed by atoms with Gasteiger partial charge in [0.1, 0.15) is 0 Å². The Bertz CT molecular complexity index is 383. The number of hydrogen-bond acceptors (Lipinski definition) is 4. The second kappa shape index (κ2) is 5.39. The van der Waals surface area contributed by atoms with E-state index in [2.05, 4.69) is 9.72 Å². The number of alkyl halides is 2. The monoisotopic (exact) mass is 230 g/mol. The van der Waals surface area contributed by atoms with Gasteiger partial charge in [0.15, 0.2) is 0 Å². The highest BCUT2D eigenvalue weighted by Gasteiger charge is 2.19. The van der Waals surface area contributed by atoms with Crippen molar-refractivity contribution in [2.24, 2.45) is 0 Å². The zero-order valence-electron chi connectivity index (χ0n) is 8.74. The number of rotatable bonds is 4. The van der Waals surface area contributed by atoms with E-state index in [1.54, 1.807) is 6.92 Å². The molecule has 0 aliphatic rings. The average Bonchev–Trinajstić information content (AvgIpc) is 2.17. The zero-order valence-corrected chi connectivity index (χ0v) is 8.74. The van der Waals surface area contributed by atoms with E-state index >= 15 is 0 Å². The first kappa shape index (κ1) is 12.4. The van der Waals surface area contributed by atoms with E-state index in [4.69, 9.17) is 5.73 Å². The van der Waals surface area contributed by atoms with E-state index in [1.165, 1.54) is 6.20 Å². The van der Waals surface area contributed by atoms with Crippen LogP contribution < -0.4 is 5.73 Å². The Balaban J connectivity index is 2.95. The molecule has 0 aromatic carbocycles. The summed E-state index contributed by atoms with van der Waals surface area (Å²) in [5.74, 6) is -0.572. The van der Waals surface area contributed by atoms with Gasteiger partial charge in [-0.3, -0.25) is 9.78 Å². The van der Waals surface area contributed by atoms with Gasteiger partial charge in [-0.2, -0.15) is 0 Å². The van der Waals surface area contributed by atoms with Gasteiger partial charge in [-0.1, -0.05) is 0 Å². The molecule has 0 radical (unpaired) electrons. The molecule has 0 saturated carbocycles. The molecule has 4 nitrogen and oxygen atoms in total. The van der Waals surface area contributed by atoms with Crippen LogP contribution in [0.15, 0.2) is 12.4 Å². The Hall–Kier alpha value is -1.72. The first-order valence-electron chi connectivity index (χ1n) is 4.72. The van der Waals surface area contributed by atoms with Crippen LogP contribution in [0, 0.1) is 0 Å². The maximum Gasteiger partial charge on any atom is 0.310 e. The van der Waals surface area contributed by atoms with E-state index in [9.17, 15) is 13.6 Å². The van der Waals surface area contributed by atoms with Crippen LogP contribution in [0.4, 0.5) is 14.5 Å². The van der Waals surface area contributed by atoms with Crippen LogP contribution in [-0.2, 0) is 16.0 Å². The van der Waals surface area contributed by atoms with Crippen LogP contribution in [0.1, 0.15) is 24.5 Å². The number of carbonyl (C=O) groups is 1. The number of halogens is 2. The molecule has 1 aromatic rings. The molecular formula is C10H12F2N2O2. The standard InChI is InChI=1S/C10H12F2N2O2/c1-2-16-8(15)3-6-4-14-5-7(13)9(6)10(11)12/h4-5,10H,2-3,13H2,1H3. The molecular weight excluding hydrogens is 218 g/mol. The lowest BCUT2D eigenvalue weighted by Crippen LogP contribution is -2.11. The highest BCUT2D eigenvalue weighted by Crippen LogP contribution is 2.28. The van der Waals surface area contributed by atoms with Crippen molar-refractivity contribution in [3.8, 4) is 0 Å². The molecule has 0 aliphatic carbocycles. The van der Waals surface area contributed by atoms with Gasteiger partial charge in [0.2, 0.25) is 0 Å². The Morgan fingerprint density at radius 3 is 2.81 bits per heavy atom. The zero-order chi connectivity index (χ0) is 12.1. The lowest BCUT2D eigenvalue weighted by molar-refractivity contribution is -0.142. The number of nitrogen functional groups attached to an aromatic ring is 1. The number of anilines is 1. The van der Waals surface area contributed by atoms with Crippen LogP contribution >= 0.6 is 0 Å². The van der Waals surface area contributed by atoms with Gasteiger partial charge < -0.3 is 10.5 Å². The molecule has 1 aromatic heterocycles. The van der Waals surface area contributed by atoms with Gasteiger partial charge in [-0.25, -0.2) is 8.78 Å². The fraction of sp³-hybridized carbons (Fsp3) is 0.400. The van der Waals surface area contributed by atoms with Crippen LogP contribution in [-0.4, -0.2) is 17.6 Å². The predicted molar refractivity (Wildman–Crippen MR) is 53.9 cm³/mol. The van der Waals surface area contributed by atoms with E-state index < -0.39 is 12.4 Å². The van der Waals surface area contributed by atoms with Gasteiger partial charge in [0.25, 0.3) is 6.43 Å². The summed E-state index contributed by atoms with van der Waals surface area (Å²) in [5, 5.41) is 0. The summed E-state index contributed by atoms with van der Waals surface area (Å²) in [6, 6.07) is 0. The molecule has 88 valence electrons. The smallest absolute Gasteiger partial charge is 0.310 e. The normalized spacial score (nSPS) is 10.5. The van der Waals surface area contributed by atoms with Crippen molar-refractivity contribution in [1.82, 2.24) is 4.98 Å². The summed E-state index contributed by atoms with van der Waals surface area (Å²) in [6.45, 7) is 1.85. The minimum atomic E-state index is -2.73. The second-order valence-electron chi connectivity index (χ2n) is 3.08. The molecule has 0 amide bonds. The quantitative estimate of drug-likeness (QED) is 0.799. The van der Waals surface area contributed by atoms with Crippen molar-refractivity contribution >= 4 is 11.7 Å². The molecule has 0 saturated heterocycles. The van der Waals surface area contributed by atoms with E-state index in [-0.39, 0.29) is 29.8 Å². The second-order valence-corrected chi connectivity index (χ2v) is 3.08. The molecule has 16 heavy (non-hydrogen) atoms. The Labute approximate surface area is 91.4 Å². The first-order valence-corrected chi connectivity index (χ1v) is 4.72. The van der Waals surface area contributed by atoms with Gasteiger partial charge in [0.05, 0.1) is 24.9 Å². The van der Waals surface area contributed by atoms with Crippen molar-refractivity contribution in [1.29, 1.82) is 0 Å². The number of aromatic nitrogens is 1. The number of esters is 1. The summed E-state index contributed by atoms with van der Waals surface area (Å²) in [4.78, 5) is 14.8. The third-order valence-corrected chi connectivity index (χ3v) is 1.96. The van der Waals surface area contributed by atoms with Gasteiger partial charge >= 0.3 is 5.97 Å². The number of nitrogens with zero attached hydrogens (tertiary/aromatic N) is 1. The Morgan fingerprint density at radius 2 is 2.25 bits per heavy atom. The molecule has 0 atom stereocenters. The lowest BCUT2D eigenvalue weighted by atomic mass is 10.1. The minimum Gasteiger partial charge on any atom is -0.466 e. The topological polar surface area (TPSA) is 65.2 Å². The number of hydrogen-bond donors (Lipinski definition) is 1. The molecule has 2 N–H and O–H groups in total. The molecule has 1 heterocycles. The highest BCUT2D eigenvalue weighted by molar-refractivity contribution is 5.73. The fourth-order valence-corrected chi connectivity index (χ4v) is 1.31. The molecule has 0 spiro atoms. The van der Waals surface area contributed by atoms with Crippen molar-refractivity contribution < 1.29 is 18.3 Å². The van der Waals surface area contributed by atoms with Crippen molar-refractivity contribution in [2.75, 3.05) is 12.3 Å². The van der Waals surface area contributed by atoms with Gasteiger partial charge in [0, 0.05) is 11.8 Å². The molecule has 1 rings (SSSR count). The van der Waals surface area contributed by atoms with E-state index in [0.29, 0.717) is 0 Å². The molecule has 0 bridgehead atoms. The first-order chi connectivity index (χ1) is 7.56. The predicted octanol–water partition coefficient (Wildman–Crippen LogP) is 1.71. The molecule has 6 heteroatoms. The maximum absolute atomic E-state index is 12.7. The number of carbonyl (C=O) groups excluding carboxylic acids is 1. The average molecular weight is 230 g/mol. The minimum absolute atomic E-state index is 0.105. The van der Waals surface area contributed by atoms with E-state index in [0.717, 1.165) is 6.20 Å². The van der Waals surface area contributed by atoms with Crippen LogP contribution in [0.3, 0.4) is 0 Å². The highest BCUT2D eigenvalue weighted by atomic mass is 19.3. The summed E-state index contributed by atoms with van der Waals surface area (Å²) in [7, 11) is 0. The van der Waals surface area contributed by atoms with Crippen LogP contribution in [0.25, 0.3) is 0 Å². The summed E-state index contributed by atoms with van der Waals surface area (Å²) >= 11 is 0. The fourth-order valence-electron chi connectivity index (χ4n) is 1.31. The summed E-state index contributed by atoms with van der Waals surface area (Å²) in [6.07, 6.45) is -0.636. The Kier molecular flexibility index (Phi) is 4.16. The third kappa shape index (κ3) is 2.88. The van der Waals surface area contributed by atoms with Crippen LogP contribution in [0.2, 0.25) is 0 Å². The molecule has 0 aliphatic heterocycles. The van der Waals surface area contributed by atoms with Crippen molar-refractivity contribution in [3.05, 3.63) is 23.5 Å². The van der Waals surface area contributed by atoms with Crippen LogP contribution in [0.5, 0.6) is 0 Å². The van der Waals surface area contributed by atoms with Crippen molar-refractivity contribution in [2.45, 2.75) is 19.8 Å². The largest absolute Gasteiger partial charge is 0.466 e. The molecule has 0 fully saturated rings. The van der Waals surface area contributed by atoms with Gasteiger partial charge in [-0.05, 0) is 12.5 Å². The Morgan fingerprint density at radius 1 is 1.56 bits per heavy atom. The summed E-state index contributed by atoms with van der Waals surface area (Å²) in [5.41, 5.74) is 5.02. The van der Waals surface area contributed by atoms with E-state index in [1.807, 2.05) is 0 Å². The number of pyridine rings is 1. The molecule has 0 unspecified atom stereocenters. The number of nitrogens with two attached hydrogens (primary N) is 1. The van der Waals surface area contributed by atoms with Crippen molar-refractivity contribution in [3.63, 3.8) is 0 Å². The van der Waals surface area contributed by atoms with Gasteiger partial charge in [-0.15, -0.1) is 0 Å². The maximum atomic E-state index is 12.7.